The molecule has 1 aliphatic carbocycles. The van der Waals surface area contributed by atoms with Crippen LogP contribution in [-0.4, -0.2) is 20.8 Å². The van der Waals surface area contributed by atoms with Crippen molar-refractivity contribution in [2.75, 3.05) is 0 Å². The van der Waals surface area contributed by atoms with Gasteiger partial charge in [0.1, 0.15) is 6.33 Å². The van der Waals surface area contributed by atoms with Crippen molar-refractivity contribution in [1.82, 2.24) is 20.1 Å². The SMILES string of the molecule is CC(C)CC1CCCC(NCc2ncn(C)n2)C1. The van der Waals surface area contributed by atoms with Crippen LogP contribution < -0.4 is 5.32 Å². The molecule has 2 unspecified atom stereocenters. The van der Waals surface area contributed by atoms with E-state index in [1.165, 1.54) is 32.1 Å². The Bertz CT molecular complexity index is 358. The molecule has 0 radical (unpaired) electrons. The fraction of sp³-hybridized carbons (Fsp3) is 0.857. The van der Waals surface area contributed by atoms with Crippen LogP contribution in [0.25, 0.3) is 0 Å². The lowest BCUT2D eigenvalue weighted by Gasteiger charge is -2.30. The van der Waals surface area contributed by atoms with Crippen LogP contribution in [-0.2, 0) is 13.6 Å². The van der Waals surface area contributed by atoms with Gasteiger partial charge in [-0.15, -0.1) is 0 Å². The molecule has 1 saturated carbocycles. The van der Waals surface area contributed by atoms with E-state index in [9.17, 15) is 0 Å². The first-order valence-electron chi connectivity index (χ1n) is 7.21. The second kappa shape index (κ2) is 6.32. The molecule has 4 heteroatoms. The quantitative estimate of drug-likeness (QED) is 0.873. The first-order valence-corrected chi connectivity index (χ1v) is 7.21. The molecule has 1 fully saturated rings. The number of nitrogens with one attached hydrogen (secondary N) is 1. The molecule has 2 rings (SSSR count). The molecule has 4 nitrogen and oxygen atoms in total. The third-order valence-electron chi connectivity index (χ3n) is 3.78. The smallest absolute Gasteiger partial charge is 0.164 e. The van der Waals surface area contributed by atoms with E-state index in [1.807, 2.05) is 7.05 Å². The average molecular weight is 250 g/mol. The summed E-state index contributed by atoms with van der Waals surface area (Å²) < 4.78 is 1.76. The van der Waals surface area contributed by atoms with Crippen LogP contribution in [0.5, 0.6) is 0 Å². The summed E-state index contributed by atoms with van der Waals surface area (Å²) in [7, 11) is 1.91. The first kappa shape index (κ1) is 13.5. The fourth-order valence-corrected chi connectivity index (χ4v) is 3.06. The molecule has 1 N–H and O–H groups in total. The van der Waals surface area contributed by atoms with E-state index in [4.69, 9.17) is 0 Å². The normalized spacial score (nSPS) is 24.7. The average Bonchev–Trinajstić information content (AvgIpc) is 2.72. The van der Waals surface area contributed by atoms with E-state index < -0.39 is 0 Å². The molecule has 0 spiro atoms. The zero-order chi connectivity index (χ0) is 13.0. The van der Waals surface area contributed by atoms with E-state index in [1.54, 1.807) is 11.0 Å². The molecule has 0 aromatic carbocycles. The number of aryl methyl sites for hydroxylation is 1. The highest BCUT2D eigenvalue weighted by Crippen LogP contribution is 2.29. The molecule has 102 valence electrons. The molecule has 0 bridgehead atoms. The highest BCUT2D eigenvalue weighted by atomic mass is 15.3. The molecule has 0 amide bonds. The van der Waals surface area contributed by atoms with Gasteiger partial charge in [-0.1, -0.05) is 26.7 Å². The lowest BCUT2D eigenvalue weighted by molar-refractivity contribution is 0.251. The molecule has 0 saturated heterocycles. The maximum atomic E-state index is 4.31. The standard InChI is InChI=1S/C14H26N4/c1-11(2)7-12-5-4-6-13(8-12)15-9-14-16-10-18(3)17-14/h10-13,15H,4-9H2,1-3H3. The number of aromatic nitrogens is 3. The number of nitrogens with zero attached hydrogens (tertiary/aromatic N) is 3. The largest absolute Gasteiger partial charge is 0.307 e. The van der Waals surface area contributed by atoms with Crippen molar-refractivity contribution in [1.29, 1.82) is 0 Å². The minimum Gasteiger partial charge on any atom is -0.307 e. The Balaban J connectivity index is 1.75. The van der Waals surface area contributed by atoms with Gasteiger partial charge in [0.25, 0.3) is 0 Å². The van der Waals surface area contributed by atoms with Gasteiger partial charge >= 0.3 is 0 Å². The van der Waals surface area contributed by atoms with Gasteiger partial charge in [-0.25, -0.2) is 4.98 Å². The third kappa shape index (κ3) is 4.09. The third-order valence-corrected chi connectivity index (χ3v) is 3.78. The lowest BCUT2D eigenvalue weighted by atomic mass is 9.81. The molecule has 2 atom stereocenters. The fourth-order valence-electron chi connectivity index (χ4n) is 3.06. The maximum Gasteiger partial charge on any atom is 0.164 e. The van der Waals surface area contributed by atoms with Crippen LogP contribution in [0.4, 0.5) is 0 Å². The molecule has 1 heterocycles. The topological polar surface area (TPSA) is 42.7 Å². The minimum atomic E-state index is 0.659. The van der Waals surface area contributed by atoms with Gasteiger partial charge < -0.3 is 5.32 Å². The Labute approximate surface area is 110 Å². The predicted molar refractivity (Wildman–Crippen MR) is 73.0 cm³/mol. The number of hydrogen-bond donors (Lipinski definition) is 1. The van der Waals surface area contributed by atoms with Gasteiger partial charge in [0.05, 0.1) is 6.54 Å². The summed E-state index contributed by atoms with van der Waals surface area (Å²) in [5.41, 5.74) is 0. The van der Waals surface area contributed by atoms with Crippen LogP contribution in [0.2, 0.25) is 0 Å². The molecule has 1 aliphatic rings. The Morgan fingerprint density at radius 2 is 2.28 bits per heavy atom. The second-order valence-corrected chi connectivity index (χ2v) is 6.07. The van der Waals surface area contributed by atoms with Gasteiger partial charge in [0.2, 0.25) is 0 Å². The molecule has 1 aromatic heterocycles. The highest BCUT2D eigenvalue weighted by Gasteiger charge is 2.22. The summed E-state index contributed by atoms with van der Waals surface area (Å²) in [6, 6.07) is 0.659. The summed E-state index contributed by atoms with van der Waals surface area (Å²) >= 11 is 0. The van der Waals surface area contributed by atoms with Crippen molar-refractivity contribution >= 4 is 0 Å². The van der Waals surface area contributed by atoms with Crippen LogP contribution >= 0.6 is 0 Å². The van der Waals surface area contributed by atoms with Gasteiger partial charge in [-0.05, 0) is 31.1 Å². The van der Waals surface area contributed by atoms with E-state index in [-0.39, 0.29) is 0 Å². The van der Waals surface area contributed by atoms with Gasteiger partial charge in [-0.3, -0.25) is 4.68 Å². The van der Waals surface area contributed by atoms with Crippen molar-refractivity contribution in [3.63, 3.8) is 0 Å². The molecular weight excluding hydrogens is 224 g/mol. The van der Waals surface area contributed by atoms with Gasteiger partial charge in [-0.2, -0.15) is 5.10 Å². The Hall–Kier alpha value is -0.900. The molecule has 0 aliphatic heterocycles. The van der Waals surface area contributed by atoms with Crippen LogP contribution in [0, 0.1) is 11.8 Å². The van der Waals surface area contributed by atoms with Crippen molar-refractivity contribution in [2.24, 2.45) is 18.9 Å². The molecule has 18 heavy (non-hydrogen) atoms. The monoisotopic (exact) mass is 250 g/mol. The summed E-state index contributed by atoms with van der Waals surface area (Å²) in [4.78, 5) is 4.26. The van der Waals surface area contributed by atoms with Crippen molar-refractivity contribution in [3.8, 4) is 0 Å². The van der Waals surface area contributed by atoms with Crippen LogP contribution in [0.1, 0.15) is 51.8 Å². The predicted octanol–water partition coefficient (Wildman–Crippen LogP) is 2.51. The summed E-state index contributed by atoms with van der Waals surface area (Å²) in [6.07, 6.45) is 8.55. The van der Waals surface area contributed by atoms with Crippen molar-refractivity contribution in [3.05, 3.63) is 12.2 Å². The lowest BCUT2D eigenvalue weighted by Crippen LogP contribution is -2.34. The van der Waals surface area contributed by atoms with Gasteiger partial charge in [0.15, 0.2) is 5.82 Å². The van der Waals surface area contributed by atoms with E-state index in [2.05, 4.69) is 29.2 Å². The Kier molecular flexibility index (Phi) is 4.75. The van der Waals surface area contributed by atoms with Crippen molar-refractivity contribution < 1.29 is 0 Å². The zero-order valence-electron chi connectivity index (χ0n) is 11.9. The van der Waals surface area contributed by atoms with E-state index in [0.29, 0.717) is 6.04 Å². The Morgan fingerprint density at radius 3 is 2.94 bits per heavy atom. The summed E-state index contributed by atoms with van der Waals surface area (Å²) in [5, 5.41) is 7.92. The van der Waals surface area contributed by atoms with Gasteiger partial charge in [0, 0.05) is 13.1 Å². The molecule has 1 aromatic rings. The number of hydrogen-bond acceptors (Lipinski definition) is 3. The highest BCUT2D eigenvalue weighted by molar-refractivity contribution is 4.84. The zero-order valence-corrected chi connectivity index (χ0v) is 11.9. The first-order chi connectivity index (χ1) is 8.63. The maximum absolute atomic E-state index is 4.31. The van der Waals surface area contributed by atoms with E-state index in [0.717, 1.165) is 24.2 Å². The van der Waals surface area contributed by atoms with Crippen molar-refractivity contribution in [2.45, 2.75) is 58.5 Å². The summed E-state index contributed by atoms with van der Waals surface area (Å²) in [6.45, 7) is 5.46. The molecular formula is C14H26N4. The summed E-state index contributed by atoms with van der Waals surface area (Å²) in [5.74, 6) is 2.64. The Morgan fingerprint density at radius 1 is 1.44 bits per heavy atom. The van der Waals surface area contributed by atoms with E-state index >= 15 is 0 Å². The minimum absolute atomic E-state index is 0.659. The van der Waals surface area contributed by atoms with Crippen LogP contribution in [0.15, 0.2) is 6.33 Å². The number of rotatable bonds is 5. The van der Waals surface area contributed by atoms with Crippen LogP contribution in [0.3, 0.4) is 0 Å². The second-order valence-electron chi connectivity index (χ2n) is 6.07.